The first-order chi connectivity index (χ1) is 8.10. The monoisotopic (exact) mass is 233 g/mol. The van der Waals surface area contributed by atoms with Gasteiger partial charge in [-0.3, -0.25) is 0 Å². The van der Waals surface area contributed by atoms with Crippen molar-refractivity contribution in [1.29, 1.82) is 5.26 Å². The van der Waals surface area contributed by atoms with Gasteiger partial charge in [-0.05, 0) is 31.0 Å². The van der Waals surface area contributed by atoms with Crippen LogP contribution in [0.1, 0.15) is 33.2 Å². The number of esters is 1. The molecule has 0 saturated carbocycles. The van der Waals surface area contributed by atoms with Crippen LogP contribution < -0.4 is 4.89 Å². The molecule has 2 rings (SSSR count). The van der Waals surface area contributed by atoms with Gasteiger partial charge in [-0.1, -0.05) is 0 Å². The molecule has 1 atom stereocenters. The Kier molecular flexibility index (Phi) is 2.74. The Labute approximate surface area is 98.4 Å². The lowest BCUT2D eigenvalue weighted by Crippen LogP contribution is -2.04. The van der Waals surface area contributed by atoms with E-state index in [1.807, 2.05) is 19.9 Å². The molecule has 0 radical (unpaired) electrons. The van der Waals surface area contributed by atoms with E-state index in [4.69, 9.17) is 14.9 Å². The predicted octanol–water partition coefficient (Wildman–Crippen LogP) is 1.98. The van der Waals surface area contributed by atoms with Gasteiger partial charge in [0.2, 0.25) is 6.10 Å². The molecule has 0 N–H and O–H groups in total. The molecule has 1 aromatic rings. The van der Waals surface area contributed by atoms with Crippen LogP contribution in [0.5, 0.6) is 5.75 Å². The Morgan fingerprint density at radius 3 is 2.76 bits per heavy atom. The molecule has 1 aliphatic rings. The molecule has 0 bridgehead atoms. The Balaban J connectivity index is 2.69. The van der Waals surface area contributed by atoms with Crippen LogP contribution in [0.25, 0.3) is 0 Å². The first-order valence-electron chi connectivity index (χ1n) is 5.05. The minimum absolute atomic E-state index is 0.279. The highest BCUT2D eigenvalue weighted by atomic mass is 17.2. The van der Waals surface area contributed by atoms with Gasteiger partial charge in [0.1, 0.15) is 11.6 Å². The average Bonchev–Trinajstić information content (AvgIpc) is 2.61. The summed E-state index contributed by atoms with van der Waals surface area (Å²) in [5.41, 5.74) is 2.52. The number of cyclic esters (lactones) is 1. The highest BCUT2D eigenvalue weighted by Crippen LogP contribution is 2.39. The molecule has 17 heavy (non-hydrogen) atoms. The molecule has 5 heteroatoms. The molecule has 0 aromatic heterocycles. The van der Waals surface area contributed by atoms with Gasteiger partial charge in [-0.25, -0.2) is 4.79 Å². The zero-order chi connectivity index (χ0) is 12.6. The third-order valence-corrected chi connectivity index (χ3v) is 2.82. The highest BCUT2D eigenvalue weighted by molar-refractivity contribution is 5.98. The molecule has 0 fully saturated rings. The minimum Gasteiger partial charge on any atom is -0.438 e. The van der Waals surface area contributed by atoms with Gasteiger partial charge in [-0.2, -0.15) is 10.1 Å². The number of hydrogen-bond donors (Lipinski definition) is 0. The molecule has 5 nitrogen and oxygen atoms in total. The maximum atomic E-state index is 11.7. The fraction of sp³-hybridized carbons (Fsp3) is 0.333. The summed E-state index contributed by atoms with van der Waals surface area (Å²) in [5, 5.41) is 8.91. The van der Waals surface area contributed by atoms with Crippen LogP contribution in [0, 0.1) is 25.2 Å². The van der Waals surface area contributed by atoms with Gasteiger partial charge in [-0.15, -0.1) is 0 Å². The summed E-state index contributed by atoms with van der Waals surface area (Å²) in [6.07, 6.45) is -0.865. The summed E-state index contributed by atoms with van der Waals surface area (Å²) in [6.45, 7) is 3.69. The highest BCUT2D eigenvalue weighted by Gasteiger charge is 2.36. The van der Waals surface area contributed by atoms with Crippen molar-refractivity contribution in [3.63, 3.8) is 0 Å². The SMILES string of the molecule is COOc1c(C)c(C)cc2c1C(=O)OC2C#N. The van der Waals surface area contributed by atoms with E-state index in [1.54, 1.807) is 6.07 Å². The van der Waals surface area contributed by atoms with Gasteiger partial charge in [0.05, 0.1) is 7.11 Å². The first-order valence-corrected chi connectivity index (χ1v) is 5.05. The predicted molar refractivity (Wildman–Crippen MR) is 57.3 cm³/mol. The van der Waals surface area contributed by atoms with E-state index in [0.29, 0.717) is 11.3 Å². The van der Waals surface area contributed by atoms with E-state index in [1.165, 1.54) is 7.11 Å². The molecule has 1 aliphatic heterocycles. The van der Waals surface area contributed by atoms with Gasteiger partial charge in [0, 0.05) is 5.56 Å². The number of carbonyl (C=O) groups excluding carboxylic acids is 1. The molecular weight excluding hydrogens is 222 g/mol. The lowest BCUT2D eigenvalue weighted by molar-refractivity contribution is -0.178. The van der Waals surface area contributed by atoms with Crippen LogP contribution in [-0.2, 0) is 9.62 Å². The second-order valence-electron chi connectivity index (χ2n) is 3.78. The second-order valence-corrected chi connectivity index (χ2v) is 3.78. The van der Waals surface area contributed by atoms with Crippen molar-refractivity contribution in [2.45, 2.75) is 20.0 Å². The van der Waals surface area contributed by atoms with Gasteiger partial charge in [0.15, 0.2) is 5.75 Å². The lowest BCUT2D eigenvalue weighted by Gasteiger charge is -2.11. The quantitative estimate of drug-likeness (QED) is 0.444. The van der Waals surface area contributed by atoms with E-state index in [2.05, 4.69) is 4.89 Å². The Bertz CT molecular complexity index is 530. The van der Waals surface area contributed by atoms with Crippen molar-refractivity contribution >= 4 is 5.97 Å². The number of aryl methyl sites for hydroxylation is 1. The van der Waals surface area contributed by atoms with Crippen molar-refractivity contribution in [2.24, 2.45) is 0 Å². The van der Waals surface area contributed by atoms with E-state index in [-0.39, 0.29) is 5.56 Å². The van der Waals surface area contributed by atoms with Crippen LogP contribution >= 0.6 is 0 Å². The fourth-order valence-corrected chi connectivity index (χ4v) is 1.84. The third-order valence-electron chi connectivity index (χ3n) is 2.82. The van der Waals surface area contributed by atoms with Crippen LogP contribution in [0.3, 0.4) is 0 Å². The average molecular weight is 233 g/mol. The van der Waals surface area contributed by atoms with Gasteiger partial charge < -0.3 is 9.62 Å². The van der Waals surface area contributed by atoms with E-state index in [9.17, 15) is 4.79 Å². The number of fused-ring (bicyclic) bond motifs is 1. The number of nitrogens with zero attached hydrogens (tertiary/aromatic N) is 1. The normalized spacial score (nSPS) is 17.3. The van der Waals surface area contributed by atoms with Crippen molar-refractivity contribution in [3.8, 4) is 11.8 Å². The number of hydrogen-bond acceptors (Lipinski definition) is 5. The van der Waals surface area contributed by atoms with Crippen LogP contribution in [0.15, 0.2) is 6.07 Å². The molecule has 0 spiro atoms. The van der Waals surface area contributed by atoms with Gasteiger partial charge >= 0.3 is 5.97 Å². The number of nitriles is 1. The van der Waals surface area contributed by atoms with E-state index < -0.39 is 12.1 Å². The van der Waals surface area contributed by atoms with Crippen molar-refractivity contribution < 1.29 is 19.3 Å². The molecule has 0 amide bonds. The van der Waals surface area contributed by atoms with Crippen molar-refractivity contribution in [1.82, 2.24) is 0 Å². The maximum absolute atomic E-state index is 11.7. The molecule has 1 heterocycles. The Hall–Kier alpha value is -2.06. The summed E-state index contributed by atoms with van der Waals surface area (Å²) >= 11 is 0. The smallest absolute Gasteiger partial charge is 0.344 e. The second kappa shape index (κ2) is 4.07. The summed E-state index contributed by atoms with van der Waals surface area (Å²) in [6, 6.07) is 3.70. The van der Waals surface area contributed by atoms with Crippen molar-refractivity contribution in [3.05, 3.63) is 28.3 Å². The van der Waals surface area contributed by atoms with E-state index in [0.717, 1.165) is 11.1 Å². The standard InChI is InChI=1S/C12H11NO4/c1-6-4-8-9(5-13)16-12(14)10(8)11(7(6)2)17-15-3/h4,9H,1-3H3. The number of benzene rings is 1. The minimum atomic E-state index is -0.865. The zero-order valence-electron chi connectivity index (χ0n) is 9.73. The topological polar surface area (TPSA) is 68.6 Å². The molecular formula is C12H11NO4. The molecule has 88 valence electrons. The fourth-order valence-electron chi connectivity index (χ4n) is 1.84. The maximum Gasteiger partial charge on any atom is 0.344 e. The Morgan fingerprint density at radius 2 is 2.18 bits per heavy atom. The van der Waals surface area contributed by atoms with Crippen molar-refractivity contribution in [2.75, 3.05) is 7.11 Å². The van der Waals surface area contributed by atoms with E-state index >= 15 is 0 Å². The number of rotatable bonds is 2. The van der Waals surface area contributed by atoms with Gasteiger partial charge in [0.25, 0.3) is 0 Å². The van der Waals surface area contributed by atoms with Crippen LogP contribution in [0.4, 0.5) is 0 Å². The summed E-state index contributed by atoms with van der Waals surface area (Å²) < 4.78 is 4.94. The Morgan fingerprint density at radius 1 is 1.47 bits per heavy atom. The van der Waals surface area contributed by atoms with Crippen LogP contribution in [-0.4, -0.2) is 13.1 Å². The largest absolute Gasteiger partial charge is 0.438 e. The zero-order valence-corrected chi connectivity index (χ0v) is 9.73. The lowest BCUT2D eigenvalue weighted by atomic mass is 9.97. The number of ether oxygens (including phenoxy) is 1. The molecule has 0 aliphatic carbocycles. The molecule has 1 aromatic carbocycles. The molecule has 1 unspecified atom stereocenters. The number of carbonyl (C=O) groups is 1. The molecule has 0 saturated heterocycles. The third kappa shape index (κ3) is 1.63. The summed E-state index contributed by atoms with van der Waals surface area (Å²) in [4.78, 5) is 21.3. The summed E-state index contributed by atoms with van der Waals surface area (Å²) in [5.74, 6) is -0.230. The first kappa shape index (κ1) is 11.4. The summed E-state index contributed by atoms with van der Waals surface area (Å²) in [7, 11) is 1.36. The van der Waals surface area contributed by atoms with Crippen LogP contribution in [0.2, 0.25) is 0 Å².